The Bertz CT molecular complexity index is 1660. The van der Waals surface area contributed by atoms with Crippen LogP contribution in [0.5, 0.6) is 0 Å². The number of carbonyl (C=O) groups excluding carboxylic acids is 1. The second kappa shape index (κ2) is 9.02. The van der Waals surface area contributed by atoms with Crippen LogP contribution in [-0.4, -0.2) is 52.7 Å². The van der Waals surface area contributed by atoms with E-state index in [1.54, 1.807) is 17.0 Å². The van der Waals surface area contributed by atoms with Crippen molar-refractivity contribution in [2.45, 2.75) is 45.2 Å². The molecule has 2 fully saturated rings. The SMILES string of the molecule is Cc1noc(C)c1-c1ccc2c(c1)nc([C@@H]1CCC(=O)N1c1cccc(F)c1)n2[C@@H]1CCN(S(C)(=O)=O)C1. The fraction of sp³-hybridized carbons (Fsp3) is 0.370. The van der Waals surface area contributed by atoms with Gasteiger partial charge in [-0.25, -0.2) is 22.1 Å². The Balaban J connectivity index is 1.51. The molecule has 11 heteroatoms. The first kappa shape index (κ1) is 24.7. The Labute approximate surface area is 219 Å². The molecule has 0 N–H and O–H groups in total. The minimum absolute atomic E-state index is 0.0974. The van der Waals surface area contributed by atoms with Crippen LogP contribution in [0.2, 0.25) is 0 Å². The van der Waals surface area contributed by atoms with E-state index in [1.807, 2.05) is 32.0 Å². The molecule has 2 aliphatic rings. The van der Waals surface area contributed by atoms with E-state index in [9.17, 15) is 17.6 Å². The first-order valence-corrected chi connectivity index (χ1v) is 14.4. The van der Waals surface area contributed by atoms with Gasteiger partial charge in [-0.05, 0) is 62.6 Å². The summed E-state index contributed by atoms with van der Waals surface area (Å²) in [5.74, 6) is 0.865. The number of aromatic nitrogens is 3. The minimum Gasteiger partial charge on any atom is -0.361 e. The first-order chi connectivity index (χ1) is 18.1. The van der Waals surface area contributed by atoms with E-state index in [4.69, 9.17) is 9.51 Å². The van der Waals surface area contributed by atoms with E-state index in [1.165, 1.54) is 22.7 Å². The summed E-state index contributed by atoms with van der Waals surface area (Å²) in [5, 5.41) is 4.07. The zero-order chi connectivity index (χ0) is 26.8. The highest BCUT2D eigenvalue weighted by Gasteiger charge is 2.39. The third kappa shape index (κ3) is 4.10. The second-order valence-electron chi connectivity index (χ2n) is 10.1. The van der Waals surface area contributed by atoms with E-state index in [0.29, 0.717) is 49.6 Å². The predicted octanol–water partition coefficient (Wildman–Crippen LogP) is 4.52. The number of halogens is 1. The van der Waals surface area contributed by atoms with Crippen molar-refractivity contribution in [3.63, 3.8) is 0 Å². The molecule has 0 unspecified atom stereocenters. The van der Waals surface area contributed by atoms with Gasteiger partial charge in [0.05, 0.1) is 35.1 Å². The highest BCUT2D eigenvalue weighted by Crippen LogP contribution is 2.41. The Kier molecular flexibility index (Phi) is 5.88. The van der Waals surface area contributed by atoms with Crippen LogP contribution in [0.4, 0.5) is 10.1 Å². The minimum atomic E-state index is -3.35. The molecule has 2 aromatic heterocycles. The lowest BCUT2D eigenvalue weighted by atomic mass is 10.0. The molecule has 9 nitrogen and oxygen atoms in total. The van der Waals surface area contributed by atoms with Crippen molar-refractivity contribution in [1.82, 2.24) is 19.0 Å². The molecule has 0 radical (unpaired) electrons. The van der Waals surface area contributed by atoms with Crippen LogP contribution in [0.25, 0.3) is 22.2 Å². The van der Waals surface area contributed by atoms with Gasteiger partial charge in [0.15, 0.2) is 0 Å². The third-order valence-electron chi connectivity index (χ3n) is 7.60. The van der Waals surface area contributed by atoms with Gasteiger partial charge < -0.3 is 14.0 Å². The van der Waals surface area contributed by atoms with Crippen molar-refractivity contribution in [3.05, 3.63) is 65.6 Å². The molecule has 198 valence electrons. The molecule has 1 amide bonds. The molecule has 6 rings (SSSR count). The molecule has 0 aliphatic carbocycles. The van der Waals surface area contributed by atoms with Gasteiger partial charge in [0.1, 0.15) is 17.4 Å². The number of rotatable bonds is 5. The molecule has 2 saturated heterocycles. The molecule has 4 heterocycles. The van der Waals surface area contributed by atoms with Gasteiger partial charge in [-0.15, -0.1) is 0 Å². The molecule has 0 spiro atoms. The summed E-state index contributed by atoms with van der Waals surface area (Å²) in [4.78, 5) is 19.7. The number of aryl methyl sites for hydroxylation is 2. The van der Waals surface area contributed by atoms with Crippen LogP contribution in [0.1, 0.15) is 48.6 Å². The number of hydrogen-bond donors (Lipinski definition) is 0. The number of fused-ring (bicyclic) bond motifs is 1. The summed E-state index contributed by atoms with van der Waals surface area (Å²) in [6, 6.07) is 11.4. The maximum atomic E-state index is 14.1. The van der Waals surface area contributed by atoms with Gasteiger partial charge >= 0.3 is 0 Å². The maximum Gasteiger partial charge on any atom is 0.227 e. The number of hydrogen-bond acceptors (Lipinski definition) is 6. The van der Waals surface area contributed by atoms with Crippen LogP contribution < -0.4 is 4.90 Å². The van der Waals surface area contributed by atoms with Gasteiger partial charge in [0.25, 0.3) is 0 Å². The van der Waals surface area contributed by atoms with Crippen molar-refractivity contribution < 1.29 is 22.1 Å². The fourth-order valence-electron chi connectivity index (χ4n) is 5.89. The summed E-state index contributed by atoms with van der Waals surface area (Å²) >= 11 is 0. The molecule has 4 aromatic rings. The average Bonchev–Trinajstić information content (AvgIpc) is 3.63. The molecule has 0 saturated carbocycles. The van der Waals surface area contributed by atoms with Crippen molar-refractivity contribution in [1.29, 1.82) is 0 Å². The summed E-state index contributed by atoms with van der Waals surface area (Å²) in [5.41, 5.74) is 4.67. The standard InChI is InChI=1S/C27H28FN5O4S/c1-16-26(17(2)37-30-16)18-7-8-23-22(13-18)29-27(33(23)21-11-12-31(15-21)38(3,35)36)24-9-10-25(34)32(24)20-6-4-5-19(28)14-20/h4-8,13-14,21,24H,9-12,15H2,1-3H3/t21-,24+/m1/s1. The number of benzene rings is 2. The number of imidazole rings is 1. The normalized spacial score (nSPS) is 20.7. The zero-order valence-electron chi connectivity index (χ0n) is 21.4. The van der Waals surface area contributed by atoms with E-state index < -0.39 is 21.9 Å². The molecule has 38 heavy (non-hydrogen) atoms. The highest BCUT2D eigenvalue weighted by atomic mass is 32.2. The Morgan fingerprint density at radius 3 is 2.61 bits per heavy atom. The monoisotopic (exact) mass is 537 g/mol. The van der Waals surface area contributed by atoms with Crippen LogP contribution in [-0.2, 0) is 14.8 Å². The molecular formula is C27H28FN5O4S. The van der Waals surface area contributed by atoms with Gasteiger partial charge in [-0.1, -0.05) is 17.3 Å². The lowest BCUT2D eigenvalue weighted by Gasteiger charge is -2.27. The van der Waals surface area contributed by atoms with Crippen molar-refractivity contribution in [2.24, 2.45) is 0 Å². The zero-order valence-corrected chi connectivity index (χ0v) is 22.2. The Morgan fingerprint density at radius 1 is 1.11 bits per heavy atom. The Hall–Kier alpha value is -3.57. The second-order valence-corrected chi connectivity index (χ2v) is 12.1. The average molecular weight is 538 g/mol. The molecular weight excluding hydrogens is 509 g/mol. The quantitative estimate of drug-likeness (QED) is 0.371. The molecule has 2 atom stereocenters. The summed E-state index contributed by atoms with van der Waals surface area (Å²) in [6.07, 6.45) is 2.68. The number of amides is 1. The maximum absolute atomic E-state index is 14.1. The number of anilines is 1. The topological polar surface area (TPSA) is 102 Å². The smallest absolute Gasteiger partial charge is 0.227 e. The van der Waals surface area contributed by atoms with Crippen LogP contribution in [0.3, 0.4) is 0 Å². The molecule has 0 bridgehead atoms. The number of nitrogens with zero attached hydrogens (tertiary/aromatic N) is 5. The van der Waals surface area contributed by atoms with Crippen LogP contribution in [0.15, 0.2) is 47.0 Å². The van der Waals surface area contributed by atoms with Crippen LogP contribution >= 0.6 is 0 Å². The highest BCUT2D eigenvalue weighted by molar-refractivity contribution is 7.88. The Morgan fingerprint density at radius 2 is 1.92 bits per heavy atom. The van der Waals surface area contributed by atoms with Gasteiger partial charge in [0, 0.05) is 30.8 Å². The van der Waals surface area contributed by atoms with E-state index >= 15 is 0 Å². The molecule has 2 aromatic carbocycles. The van der Waals surface area contributed by atoms with Gasteiger partial charge in [0.2, 0.25) is 15.9 Å². The summed E-state index contributed by atoms with van der Waals surface area (Å²) in [7, 11) is -3.35. The van der Waals surface area contributed by atoms with Crippen molar-refractivity contribution in [3.8, 4) is 11.1 Å². The summed E-state index contributed by atoms with van der Waals surface area (Å²) < 4.78 is 47.7. The molecule has 2 aliphatic heterocycles. The largest absolute Gasteiger partial charge is 0.361 e. The van der Waals surface area contributed by atoms with E-state index in [0.717, 1.165) is 27.9 Å². The first-order valence-electron chi connectivity index (χ1n) is 12.6. The third-order valence-corrected chi connectivity index (χ3v) is 8.87. The van der Waals surface area contributed by atoms with E-state index in [2.05, 4.69) is 9.72 Å². The van der Waals surface area contributed by atoms with Gasteiger partial charge in [-0.3, -0.25) is 4.79 Å². The lowest BCUT2D eigenvalue weighted by molar-refractivity contribution is -0.117. The van der Waals surface area contributed by atoms with Crippen LogP contribution in [0, 0.1) is 19.7 Å². The lowest BCUT2D eigenvalue weighted by Crippen LogP contribution is -2.31. The van der Waals surface area contributed by atoms with E-state index in [-0.39, 0.29) is 11.9 Å². The van der Waals surface area contributed by atoms with Crippen molar-refractivity contribution in [2.75, 3.05) is 24.2 Å². The fourth-order valence-corrected chi connectivity index (χ4v) is 6.77. The predicted molar refractivity (Wildman–Crippen MR) is 141 cm³/mol. The summed E-state index contributed by atoms with van der Waals surface area (Å²) in [6.45, 7) is 4.49. The van der Waals surface area contributed by atoms with Gasteiger partial charge in [-0.2, -0.15) is 0 Å². The number of carbonyl (C=O) groups is 1. The number of sulfonamides is 1. The van der Waals surface area contributed by atoms with Crippen molar-refractivity contribution >= 4 is 32.7 Å².